The third-order valence-electron chi connectivity index (χ3n) is 1.95. The molecule has 0 aliphatic carbocycles. The van der Waals surface area contributed by atoms with Crippen LogP contribution in [0.1, 0.15) is 13.3 Å². The number of sulfonamides is 1. The van der Waals surface area contributed by atoms with E-state index in [4.69, 9.17) is 11.6 Å². The van der Waals surface area contributed by atoms with Crippen molar-refractivity contribution in [2.24, 2.45) is 0 Å². The Kier molecular flexibility index (Phi) is 5.35. The second-order valence-corrected chi connectivity index (χ2v) is 5.56. The summed E-state index contributed by atoms with van der Waals surface area (Å²) in [5.74, 6) is 4.44. The number of nitrogens with one attached hydrogen (secondary N) is 1. The van der Waals surface area contributed by atoms with Crippen LogP contribution in [0.15, 0.2) is 29.2 Å². The van der Waals surface area contributed by atoms with Crippen molar-refractivity contribution in [3.63, 3.8) is 0 Å². The third-order valence-corrected chi connectivity index (χ3v) is 3.62. The van der Waals surface area contributed by atoms with Gasteiger partial charge >= 0.3 is 0 Å². The van der Waals surface area contributed by atoms with Gasteiger partial charge in [0.2, 0.25) is 15.8 Å². The Balaban J connectivity index is 2.71. The molecule has 6 heteroatoms. The topological polar surface area (TPSA) is 63.2 Å². The number of rotatable bonds is 4. The molecule has 0 amide bonds. The molecule has 1 N–H and O–H groups in total. The summed E-state index contributed by atoms with van der Waals surface area (Å²) in [5, 5.41) is 0.443. The van der Waals surface area contributed by atoms with Crippen molar-refractivity contribution in [3.05, 3.63) is 29.3 Å². The molecule has 1 rings (SSSR count). The quantitative estimate of drug-likeness (QED) is 0.675. The summed E-state index contributed by atoms with van der Waals surface area (Å²) < 4.78 is 25.7. The van der Waals surface area contributed by atoms with E-state index in [0.717, 1.165) is 0 Å². The highest BCUT2D eigenvalue weighted by Crippen LogP contribution is 2.13. The monoisotopic (exact) mass is 285 g/mol. The zero-order valence-electron chi connectivity index (χ0n) is 9.73. The number of carbonyl (C=O) groups excluding carboxylic acids is 1. The fraction of sp³-hybridized carbons (Fsp3) is 0.250. The average molecular weight is 286 g/mol. The lowest BCUT2D eigenvalue weighted by molar-refractivity contribution is -0.112. The van der Waals surface area contributed by atoms with Crippen LogP contribution in [0.5, 0.6) is 0 Å². The maximum atomic E-state index is 11.8. The van der Waals surface area contributed by atoms with Crippen molar-refractivity contribution in [3.8, 4) is 11.8 Å². The highest BCUT2D eigenvalue weighted by atomic mass is 35.5. The Morgan fingerprint density at radius 1 is 1.33 bits per heavy atom. The van der Waals surface area contributed by atoms with E-state index in [1.54, 1.807) is 6.92 Å². The van der Waals surface area contributed by atoms with Crippen molar-refractivity contribution in [1.29, 1.82) is 0 Å². The lowest BCUT2D eigenvalue weighted by Gasteiger charge is -2.04. The molecule has 0 fully saturated rings. The SMILES string of the molecule is CCC#CC(=O)CNS(=O)(=O)c1ccc(Cl)cc1. The van der Waals surface area contributed by atoms with E-state index in [1.807, 2.05) is 0 Å². The number of ketones is 1. The molecular weight excluding hydrogens is 274 g/mol. The van der Waals surface area contributed by atoms with Gasteiger partial charge in [-0.15, -0.1) is 0 Å². The van der Waals surface area contributed by atoms with E-state index in [2.05, 4.69) is 16.6 Å². The van der Waals surface area contributed by atoms with Crippen LogP contribution in [0.2, 0.25) is 5.02 Å². The van der Waals surface area contributed by atoms with Gasteiger partial charge in [-0.05, 0) is 30.2 Å². The second-order valence-electron chi connectivity index (χ2n) is 3.36. The lowest BCUT2D eigenvalue weighted by Crippen LogP contribution is -2.29. The molecule has 96 valence electrons. The van der Waals surface area contributed by atoms with Crippen LogP contribution in [0.25, 0.3) is 0 Å². The van der Waals surface area contributed by atoms with Crippen LogP contribution in [0.4, 0.5) is 0 Å². The van der Waals surface area contributed by atoms with E-state index < -0.39 is 15.8 Å². The molecule has 1 aromatic carbocycles. The molecule has 0 saturated carbocycles. The Bertz CT molecular complexity index is 582. The zero-order valence-corrected chi connectivity index (χ0v) is 11.3. The Morgan fingerprint density at radius 2 is 1.94 bits per heavy atom. The van der Waals surface area contributed by atoms with Crippen molar-refractivity contribution in [2.75, 3.05) is 6.54 Å². The van der Waals surface area contributed by atoms with Crippen LogP contribution >= 0.6 is 11.6 Å². The molecule has 1 aromatic rings. The first kappa shape index (κ1) is 14.7. The van der Waals surface area contributed by atoms with Crippen molar-refractivity contribution < 1.29 is 13.2 Å². The van der Waals surface area contributed by atoms with Crippen LogP contribution < -0.4 is 4.72 Å². The van der Waals surface area contributed by atoms with Crippen molar-refractivity contribution in [1.82, 2.24) is 4.72 Å². The molecule has 0 heterocycles. The molecule has 0 spiro atoms. The maximum absolute atomic E-state index is 11.8. The summed E-state index contributed by atoms with van der Waals surface area (Å²) in [4.78, 5) is 11.3. The van der Waals surface area contributed by atoms with E-state index in [1.165, 1.54) is 24.3 Å². The fourth-order valence-corrected chi connectivity index (χ4v) is 2.20. The first-order valence-corrected chi connectivity index (χ1v) is 7.08. The molecule has 0 unspecified atom stereocenters. The lowest BCUT2D eigenvalue weighted by atomic mass is 10.4. The number of halogens is 1. The first-order valence-electron chi connectivity index (χ1n) is 5.22. The van der Waals surface area contributed by atoms with Crippen LogP contribution in [-0.4, -0.2) is 20.7 Å². The molecule has 0 aliphatic heterocycles. The van der Waals surface area contributed by atoms with Gasteiger partial charge in [-0.3, -0.25) is 4.79 Å². The molecule has 4 nitrogen and oxygen atoms in total. The van der Waals surface area contributed by atoms with E-state index in [9.17, 15) is 13.2 Å². The standard InChI is InChI=1S/C12H12ClNO3S/c1-2-3-4-11(15)9-14-18(16,17)12-7-5-10(13)6-8-12/h5-8,14H,2,9H2,1H3. The largest absolute Gasteiger partial charge is 0.283 e. The summed E-state index contributed by atoms with van der Waals surface area (Å²) in [5.41, 5.74) is 0. The molecular formula is C12H12ClNO3S. The third kappa shape index (κ3) is 4.49. The molecule has 0 bridgehead atoms. The van der Waals surface area contributed by atoms with Crippen molar-refractivity contribution in [2.45, 2.75) is 18.2 Å². The number of carbonyl (C=O) groups is 1. The summed E-state index contributed by atoms with van der Waals surface area (Å²) in [6.07, 6.45) is 0.551. The number of hydrogen-bond donors (Lipinski definition) is 1. The van der Waals surface area contributed by atoms with Gasteiger partial charge < -0.3 is 0 Å². The van der Waals surface area contributed by atoms with E-state index >= 15 is 0 Å². The fourth-order valence-electron chi connectivity index (χ4n) is 1.09. The molecule has 0 radical (unpaired) electrons. The second kappa shape index (κ2) is 6.55. The summed E-state index contributed by atoms with van der Waals surface area (Å²) >= 11 is 5.66. The summed E-state index contributed by atoms with van der Waals surface area (Å²) in [6.45, 7) is 1.47. The van der Waals surface area contributed by atoms with Gasteiger partial charge in [0.25, 0.3) is 0 Å². The van der Waals surface area contributed by atoms with E-state index in [0.29, 0.717) is 11.4 Å². The number of benzene rings is 1. The summed E-state index contributed by atoms with van der Waals surface area (Å²) in [6, 6.07) is 5.67. The molecule has 0 saturated heterocycles. The normalized spacial score (nSPS) is 10.6. The predicted molar refractivity (Wildman–Crippen MR) is 69.7 cm³/mol. The number of Topliss-reactive ketones (excluding diaryl/α,β-unsaturated/α-hetero) is 1. The molecule has 18 heavy (non-hydrogen) atoms. The van der Waals surface area contributed by atoms with Gasteiger partial charge in [0, 0.05) is 11.4 Å². The Labute approximate surface area is 111 Å². The van der Waals surface area contributed by atoms with Gasteiger partial charge in [0.1, 0.15) is 0 Å². The highest BCUT2D eigenvalue weighted by molar-refractivity contribution is 7.89. The van der Waals surface area contributed by atoms with Gasteiger partial charge in [0.05, 0.1) is 11.4 Å². The average Bonchev–Trinajstić information content (AvgIpc) is 2.34. The van der Waals surface area contributed by atoms with E-state index in [-0.39, 0.29) is 11.4 Å². The van der Waals surface area contributed by atoms with Crippen LogP contribution in [0.3, 0.4) is 0 Å². The minimum atomic E-state index is -3.69. The number of hydrogen-bond acceptors (Lipinski definition) is 3. The molecule has 0 aliphatic rings. The highest BCUT2D eigenvalue weighted by Gasteiger charge is 2.14. The Hall–Kier alpha value is -1.35. The summed E-state index contributed by atoms with van der Waals surface area (Å²) in [7, 11) is -3.69. The van der Waals surface area contributed by atoms with Gasteiger partial charge in [0.15, 0.2) is 0 Å². The maximum Gasteiger partial charge on any atom is 0.241 e. The Morgan fingerprint density at radius 3 is 2.50 bits per heavy atom. The first-order chi connectivity index (χ1) is 8.45. The van der Waals surface area contributed by atoms with Crippen LogP contribution in [-0.2, 0) is 14.8 Å². The minimum absolute atomic E-state index is 0.0585. The minimum Gasteiger partial charge on any atom is -0.283 e. The predicted octanol–water partition coefficient (Wildman–Crippen LogP) is 1.60. The van der Waals surface area contributed by atoms with Gasteiger partial charge in [-0.1, -0.05) is 24.4 Å². The van der Waals surface area contributed by atoms with Crippen LogP contribution in [0, 0.1) is 11.8 Å². The van der Waals surface area contributed by atoms with Gasteiger partial charge in [-0.25, -0.2) is 13.1 Å². The molecule has 0 atom stereocenters. The zero-order chi connectivity index (χ0) is 13.6. The molecule has 0 aromatic heterocycles. The van der Waals surface area contributed by atoms with Crippen molar-refractivity contribution >= 4 is 27.4 Å². The smallest absolute Gasteiger partial charge is 0.241 e. The van der Waals surface area contributed by atoms with Gasteiger partial charge in [-0.2, -0.15) is 0 Å².